The smallest absolute Gasteiger partial charge is 0.194 e. The normalized spacial score (nSPS) is 23.1. The van der Waals surface area contributed by atoms with Crippen LogP contribution in [0.1, 0.15) is 17.9 Å². The van der Waals surface area contributed by atoms with Gasteiger partial charge in [-0.25, -0.2) is 9.37 Å². The number of rotatable bonds is 3. The van der Waals surface area contributed by atoms with Crippen LogP contribution in [0.4, 0.5) is 10.2 Å². The first-order valence-electron chi connectivity index (χ1n) is 9.15. The molecule has 1 N–H and O–H groups in total. The van der Waals surface area contributed by atoms with E-state index in [4.69, 9.17) is 0 Å². The number of halogens is 1. The lowest BCUT2D eigenvalue weighted by atomic mass is 10.1. The number of anilines is 1. The first-order valence-corrected chi connectivity index (χ1v) is 9.15. The summed E-state index contributed by atoms with van der Waals surface area (Å²) in [4.78, 5) is 13.4. The van der Waals surface area contributed by atoms with Crippen LogP contribution in [0.2, 0.25) is 0 Å². The van der Waals surface area contributed by atoms with Crippen molar-refractivity contribution in [2.75, 3.05) is 38.1 Å². The highest BCUT2D eigenvalue weighted by molar-refractivity contribution is 5.81. The van der Waals surface area contributed by atoms with E-state index >= 15 is 0 Å². The number of hydrogen-bond acceptors (Lipinski definition) is 3. The van der Waals surface area contributed by atoms with Gasteiger partial charge in [0.2, 0.25) is 0 Å². The molecule has 1 aromatic carbocycles. The molecule has 2 fully saturated rings. The highest BCUT2D eigenvalue weighted by Crippen LogP contribution is 2.41. The summed E-state index contributed by atoms with van der Waals surface area (Å²) in [6, 6.07) is 13.3. The Morgan fingerprint density at radius 1 is 1.12 bits per heavy atom. The van der Waals surface area contributed by atoms with Gasteiger partial charge in [0.25, 0.3) is 0 Å². The van der Waals surface area contributed by atoms with E-state index < -0.39 is 0 Å². The summed E-state index contributed by atoms with van der Waals surface area (Å²) in [6.45, 7) is 3.62. The van der Waals surface area contributed by atoms with E-state index in [1.165, 1.54) is 6.07 Å². The molecule has 2 atom stereocenters. The number of aromatic nitrogens is 1. The molecule has 2 heterocycles. The molecule has 2 aliphatic rings. The number of piperazine rings is 1. The summed E-state index contributed by atoms with van der Waals surface area (Å²) in [6.07, 6.45) is 2.78. The van der Waals surface area contributed by atoms with E-state index in [-0.39, 0.29) is 17.8 Å². The molecule has 0 amide bonds. The van der Waals surface area contributed by atoms with Crippen LogP contribution < -0.4 is 10.2 Å². The van der Waals surface area contributed by atoms with E-state index in [0.717, 1.165) is 49.9 Å². The summed E-state index contributed by atoms with van der Waals surface area (Å²) in [5.41, 5.74) is 0.806. The molecule has 1 saturated heterocycles. The molecule has 0 radical (unpaired) electrons. The van der Waals surface area contributed by atoms with Gasteiger partial charge in [0.15, 0.2) is 5.96 Å². The molecule has 1 aromatic heterocycles. The van der Waals surface area contributed by atoms with Crippen molar-refractivity contribution in [1.82, 2.24) is 15.2 Å². The van der Waals surface area contributed by atoms with Crippen molar-refractivity contribution in [3.8, 4) is 0 Å². The first-order chi connectivity index (χ1) is 12.8. The zero-order valence-corrected chi connectivity index (χ0v) is 15.0. The van der Waals surface area contributed by atoms with Crippen molar-refractivity contribution in [2.24, 2.45) is 4.99 Å². The van der Waals surface area contributed by atoms with Gasteiger partial charge < -0.3 is 15.1 Å². The average molecular weight is 353 g/mol. The largest absolute Gasteiger partial charge is 0.353 e. The van der Waals surface area contributed by atoms with Gasteiger partial charge in [-0.2, -0.15) is 0 Å². The second-order valence-electron chi connectivity index (χ2n) is 6.82. The predicted molar refractivity (Wildman–Crippen MR) is 102 cm³/mol. The minimum Gasteiger partial charge on any atom is -0.353 e. The van der Waals surface area contributed by atoms with E-state index in [1.807, 2.05) is 43.6 Å². The molecule has 26 heavy (non-hydrogen) atoms. The van der Waals surface area contributed by atoms with Crippen molar-refractivity contribution in [2.45, 2.75) is 18.4 Å². The molecule has 1 aliphatic carbocycles. The lowest BCUT2D eigenvalue weighted by Crippen LogP contribution is -2.53. The number of guanidine groups is 1. The Labute approximate surface area is 153 Å². The van der Waals surface area contributed by atoms with Crippen molar-refractivity contribution < 1.29 is 4.39 Å². The fraction of sp³-hybridized carbons (Fsp3) is 0.400. The number of pyridine rings is 1. The molecule has 0 spiro atoms. The Bertz CT molecular complexity index is 771. The van der Waals surface area contributed by atoms with E-state index in [2.05, 4.69) is 25.1 Å². The lowest BCUT2D eigenvalue weighted by molar-refractivity contribution is 0.371. The van der Waals surface area contributed by atoms with Gasteiger partial charge in [-0.1, -0.05) is 24.3 Å². The van der Waals surface area contributed by atoms with Crippen LogP contribution in [0.15, 0.2) is 53.7 Å². The lowest BCUT2D eigenvalue weighted by Gasteiger charge is -2.37. The second kappa shape index (κ2) is 7.32. The Kier molecular flexibility index (Phi) is 4.73. The maximum atomic E-state index is 14.0. The fourth-order valence-corrected chi connectivity index (χ4v) is 3.63. The van der Waals surface area contributed by atoms with Gasteiger partial charge in [-0.15, -0.1) is 0 Å². The highest BCUT2D eigenvalue weighted by Gasteiger charge is 2.41. The van der Waals surface area contributed by atoms with Crippen LogP contribution in [0.3, 0.4) is 0 Å². The van der Waals surface area contributed by atoms with E-state index in [1.54, 1.807) is 6.07 Å². The third-order valence-corrected chi connectivity index (χ3v) is 5.17. The Balaban J connectivity index is 1.33. The third kappa shape index (κ3) is 3.49. The molecule has 2 unspecified atom stereocenters. The van der Waals surface area contributed by atoms with Gasteiger partial charge >= 0.3 is 0 Å². The zero-order chi connectivity index (χ0) is 17.9. The maximum absolute atomic E-state index is 14.0. The van der Waals surface area contributed by atoms with Gasteiger partial charge in [-0.3, -0.25) is 4.99 Å². The monoisotopic (exact) mass is 353 g/mol. The Hall–Kier alpha value is -2.63. The van der Waals surface area contributed by atoms with Crippen LogP contribution in [0.25, 0.3) is 0 Å². The molecule has 0 bridgehead atoms. The quantitative estimate of drug-likeness (QED) is 0.680. The number of hydrogen-bond donors (Lipinski definition) is 1. The molecule has 5 nitrogen and oxygen atoms in total. The summed E-state index contributed by atoms with van der Waals surface area (Å²) in [7, 11) is 1.81. The van der Waals surface area contributed by atoms with Crippen molar-refractivity contribution in [3.63, 3.8) is 0 Å². The minimum atomic E-state index is -0.110. The average Bonchev–Trinajstić information content (AvgIpc) is 3.46. The summed E-state index contributed by atoms with van der Waals surface area (Å²) in [5.74, 6) is 2.06. The van der Waals surface area contributed by atoms with Crippen molar-refractivity contribution >= 4 is 11.8 Å². The van der Waals surface area contributed by atoms with E-state index in [9.17, 15) is 4.39 Å². The molecular weight excluding hydrogens is 329 g/mol. The summed E-state index contributed by atoms with van der Waals surface area (Å²) in [5, 5.41) is 3.52. The standard InChI is InChI=1S/C20H24FN5/c1-22-20(24-18-14-16(18)15-6-2-3-7-17(15)21)26-12-10-25(11-13-26)19-8-4-5-9-23-19/h2-9,16,18H,10-14H2,1H3,(H,22,24). The van der Waals surface area contributed by atoms with Gasteiger partial charge in [-0.05, 0) is 30.2 Å². The summed E-state index contributed by atoms with van der Waals surface area (Å²) >= 11 is 0. The fourth-order valence-electron chi connectivity index (χ4n) is 3.63. The predicted octanol–water partition coefficient (Wildman–Crippen LogP) is 2.47. The van der Waals surface area contributed by atoms with Gasteiger partial charge in [0, 0.05) is 51.4 Å². The Morgan fingerprint density at radius 2 is 1.88 bits per heavy atom. The minimum absolute atomic E-state index is 0.110. The first kappa shape index (κ1) is 16.8. The Morgan fingerprint density at radius 3 is 2.58 bits per heavy atom. The maximum Gasteiger partial charge on any atom is 0.194 e. The highest BCUT2D eigenvalue weighted by atomic mass is 19.1. The molecule has 136 valence electrons. The zero-order valence-electron chi connectivity index (χ0n) is 15.0. The number of nitrogens with zero attached hydrogens (tertiary/aromatic N) is 4. The molecule has 1 aliphatic heterocycles. The molecule has 2 aromatic rings. The van der Waals surface area contributed by atoms with Crippen LogP contribution >= 0.6 is 0 Å². The van der Waals surface area contributed by atoms with Gasteiger partial charge in [0.05, 0.1) is 0 Å². The molecule has 1 saturated carbocycles. The van der Waals surface area contributed by atoms with E-state index in [0.29, 0.717) is 0 Å². The molecular formula is C20H24FN5. The number of aliphatic imine (C=N–C) groups is 1. The topological polar surface area (TPSA) is 43.8 Å². The number of nitrogens with one attached hydrogen (secondary N) is 1. The summed E-state index contributed by atoms with van der Waals surface area (Å²) < 4.78 is 14.0. The van der Waals surface area contributed by atoms with Crippen LogP contribution in [0, 0.1) is 5.82 Å². The van der Waals surface area contributed by atoms with Gasteiger partial charge in [0.1, 0.15) is 11.6 Å². The number of benzene rings is 1. The molecule has 4 rings (SSSR count). The van der Waals surface area contributed by atoms with Crippen LogP contribution in [0.5, 0.6) is 0 Å². The SMILES string of the molecule is CN=C(NC1CC1c1ccccc1F)N1CCN(c2ccccn2)CC1. The van der Waals surface area contributed by atoms with Crippen LogP contribution in [-0.2, 0) is 0 Å². The molecule has 6 heteroatoms. The van der Waals surface area contributed by atoms with Crippen molar-refractivity contribution in [1.29, 1.82) is 0 Å². The van der Waals surface area contributed by atoms with Crippen LogP contribution in [-0.4, -0.2) is 55.1 Å². The van der Waals surface area contributed by atoms with Crippen molar-refractivity contribution in [3.05, 3.63) is 60.0 Å². The third-order valence-electron chi connectivity index (χ3n) is 5.17. The second-order valence-corrected chi connectivity index (χ2v) is 6.82.